The van der Waals surface area contributed by atoms with Crippen LogP contribution in [0.1, 0.15) is 15.9 Å². The summed E-state index contributed by atoms with van der Waals surface area (Å²) in [6, 6.07) is 10.3. The quantitative estimate of drug-likeness (QED) is 0.692. The highest BCUT2D eigenvalue weighted by Crippen LogP contribution is 2.13. The number of halogens is 2. The van der Waals surface area contributed by atoms with Gasteiger partial charge in [0.1, 0.15) is 11.0 Å². The monoisotopic (exact) mass is 280 g/mol. The second kappa shape index (κ2) is 6.26. The van der Waals surface area contributed by atoms with E-state index in [1.165, 1.54) is 0 Å². The summed E-state index contributed by atoms with van der Waals surface area (Å²) in [4.78, 5) is 20.2. The molecule has 0 aliphatic carbocycles. The van der Waals surface area contributed by atoms with Crippen LogP contribution in [0.3, 0.4) is 0 Å². The van der Waals surface area contributed by atoms with Gasteiger partial charge in [0.05, 0.1) is 18.4 Å². The Bertz CT molecular complexity index is 578. The van der Waals surface area contributed by atoms with Gasteiger partial charge in [0, 0.05) is 0 Å². The van der Waals surface area contributed by atoms with Crippen molar-refractivity contribution in [1.82, 2.24) is 10.5 Å². The van der Waals surface area contributed by atoms with Gasteiger partial charge >= 0.3 is 0 Å². The summed E-state index contributed by atoms with van der Waals surface area (Å²) >= 11 is 5.69. The third kappa shape index (κ3) is 3.74. The average molecular weight is 281 g/mol. The SMILES string of the molecule is O=C(NOCc1ccccc1)c1cc(F)cnc1Cl. The van der Waals surface area contributed by atoms with Gasteiger partial charge in [-0.15, -0.1) is 0 Å². The number of pyridine rings is 1. The molecule has 6 heteroatoms. The summed E-state index contributed by atoms with van der Waals surface area (Å²) in [5.41, 5.74) is 3.01. The van der Waals surface area contributed by atoms with Gasteiger partial charge in [-0.25, -0.2) is 14.9 Å². The van der Waals surface area contributed by atoms with E-state index >= 15 is 0 Å². The smallest absolute Gasteiger partial charge is 0.269 e. The zero-order chi connectivity index (χ0) is 13.7. The first kappa shape index (κ1) is 13.5. The Morgan fingerprint density at radius 1 is 1.37 bits per heavy atom. The Labute approximate surface area is 114 Å². The molecule has 0 aliphatic heterocycles. The molecule has 1 amide bonds. The Kier molecular flexibility index (Phi) is 4.43. The minimum absolute atomic E-state index is 0.0743. The molecule has 0 atom stereocenters. The molecule has 1 aromatic carbocycles. The van der Waals surface area contributed by atoms with Crippen molar-refractivity contribution in [3.8, 4) is 0 Å². The first-order valence-electron chi connectivity index (χ1n) is 5.44. The molecule has 2 aromatic rings. The van der Waals surface area contributed by atoms with Crippen molar-refractivity contribution in [2.45, 2.75) is 6.61 Å². The van der Waals surface area contributed by atoms with Gasteiger partial charge < -0.3 is 0 Å². The molecule has 0 radical (unpaired) electrons. The zero-order valence-corrected chi connectivity index (χ0v) is 10.5. The molecule has 0 aliphatic rings. The van der Waals surface area contributed by atoms with Crippen LogP contribution in [0.2, 0.25) is 5.15 Å². The van der Waals surface area contributed by atoms with Crippen molar-refractivity contribution in [3.05, 3.63) is 64.7 Å². The summed E-state index contributed by atoms with van der Waals surface area (Å²) < 4.78 is 13.0. The van der Waals surface area contributed by atoms with Crippen LogP contribution >= 0.6 is 11.6 Å². The lowest BCUT2D eigenvalue weighted by molar-refractivity contribution is 0.0233. The summed E-state index contributed by atoms with van der Waals surface area (Å²) in [6.45, 7) is 0.201. The molecule has 98 valence electrons. The lowest BCUT2D eigenvalue weighted by Crippen LogP contribution is -2.24. The number of hydroxylamine groups is 1. The van der Waals surface area contributed by atoms with E-state index < -0.39 is 11.7 Å². The lowest BCUT2D eigenvalue weighted by Gasteiger charge is -2.06. The molecular formula is C13H10ClFN2O2. The van der Waals surface area contributed by atoms with Crippen LogP contribution in [0.5, 0.6) is 0 Å². The zero-order valence-electron chi connectivity index (χ0n) is 9.77. The molecule has 0 bridgehead atoms. The molecule has 0 fully saturated rings. The van der Waals surface area contributed by atoms with Crippen molar-refractivity contribution in [1.29, 1.82) is 0 Å². The third-order valence-electron chi connectivity index (χ3n) is 2.30. The topological polar surface area (TPSA) is 51.2 Å². The number of amides is 1. The van der Waals surface area contributed by atoms with Crippen LogP contribution in [0.4, 0.5) is 4.39 Å². The van der Waals surface area contributed by atoms with Crippen LogP contribution in [-0.2, 0) is 11.4 Å². The normalized spacial score (nSPS) is 10.2. The van der Waals surface area contributed by atoms with Crippen molar-refractivity contribution >= 4 is 17.5 Å². The number of nitrogens with zero attached hydrogens (tertiary/aromatic N) is 1. The first-order valence-corrected chi connectivity index (χ1v) is 5.81. The molecular weight excluding hydrogens is 271 g/mol. The summed E-state index contributed by atoms with van der Waals surface area (Å²) in [7, 11) is 0. The van der Waals surface area contributed by atoms with E-state index in [0.29, 0.717) is 0 Å². The highest BCUT2D eigenvalue weighted by molar-refractivity contribution is 6.32. The molecule has 19 heavy (non-hydrogen) atoms. The largest absolute Gasteiger partial charge is 0.278 e. The minimum Gasteiger partial charge on any atom is -0.269 e. The fourth-order valence-electron chi connectivity index (χ4n) is 1.40. The summed E-state index contributed by atoms with van der Waals surface area (Å²) in [6.07, 6.45) is 0.934. The van der Waals surface area contributed by atoms with Gasteiger partial charge in [-0.2, -0.15) is 0 Å². The highest BCUT2D eigenvalue weighted by atomic mass is 35.5. The molecule has 1 N–H and O–H groups in total. The van der Waals surface area contributed by atoms with Gasteiger partial charge in [0.2, 0.25) is 0 Å². The van der Waals surface area contributed by atoms with E-state index in [0.717, 1.165) is 17.8 Å². The van der Waals surface area contributed by atoms with Gasteiger partial charge in [-0.3, -0.25) is 9.63 Å². The number of carbonyl (C=O) groups excluding carboxylic acids is 1. The van der Waals surface area contributed by atoms with E-state index in [4.69, 9.17) is 16.4 Å². The second-order valence-corrected chi connectivity index (χ2v) is 4.06. The van der Waals surface area contributed by atoms with Crippen LogP contribution in [0.15, 0.2) is 42.6 Å². The summed E-state index contributed by atoms with van der Waals surface area (Å²) in [5, 5.41) is -0.0813. The highest BCUT2D eigenvalue weighted by Gasteiger charge is 2.12. The fraction of sp³-hybridized carbons (Fsp3) is 0.0769. The van der Waals surface area contributed by atoms with Gasteiger partial charge in [0.25, 0.3) is 5.91 Å². The van der Waals surface area contributed by atoms with Crippen molar-refractivity contribution < 1.29 is 14.0 Å². The standard InChI is InChI=1S/C13H10ClFN2O2/c14-12-11(6-10(15)7-16-12)13(18)17-19-8-9-4-2-1-3-5-9/h1-7H,8H2,(H,17,18). The summed E-state index contributed by atoms with van der Waals surface area (Å²) in [5.74, 6) is -1.29. The average Bonchev–Trinajstić information content (AvgIpc) is 2.42. The van der Waals surface area contributed by atoms with E-state index in [9.17, 15) is 9.18 Å². The number of rotatable bonds is 4. The van der Waals surface area contributed by atoms with Crippen molar-refractivity contribution in [2.75, 3.05) is 0 Å². The Morgan fingerprint density at radius 2 is 2.11 bits per heavy atom. The maximum Gasteiger partial charge on any atom is 0.278 e. The van der Waals surface area contributed by atoms with Crippen LogP contribution in [-0.4, -0.2) is 10.9 Å². The predicted octanol–water partition coefficient (Wildman–Crippen LogP) is 2.74. The van der Waals surface area contributed by atoms with E-state index in [1.54, 1.807) is 0 Å². The molecule has 0 spiro atoms. The molecule has 1 heterocycles. The van der Waals surface area contributed by atoms with Gasteiger partial charge in [-0.05, 0) is 11.6 Å². The fourth-order valence-corrected chi connectivity index (χ4v) is 1.59. The van der Waals surface area contributed by atoms with E-state index in [-0.39, 0.29) is 17.3 Å². The number of hydrogen-bond donors (Lipinski definition) is 1. The third-order valence-corrected chi connectivity index (χ3v) is 2.60. The maximum absolute atomic E-state index is 13.0. The molecule has 2 rings (SSSR count). The number of aromatic nitrogens is 1. The molecule has 0 unspecified atom stereocenters. The van der Waals surface area contributed by atoms with E-state index in [2.05, 4.69) is 10.5 Å². The number of benzene rings is 1. The molecule has 1 aromatic heterocycles. The Hall–Kier alpha value is -1.98. The predicted molar refractivity (Wildman–Crippen MR) is 67.9 cm³/mol. The van der Waals surface area contributed by atoms with Crippen LogP contribution in [0, 0.1) is 5.82 Å². The lowest BCUT2D eigenvalue weighted by atomic mass is 10.2. The van der Waals surface area contributed by atoms with Gasteiger partial charge in [-0.1, -0.05) is 41.9 Å². The second-order valence-electron chi connectivity index (χ2n) is 3.70. The Balaban J connectivity index is 1.93. The van der Waals surface area contributed by atoms with Crippen LogP contribution in [0.25, 0.3) is 0 Å². The first-order chi connectivity index (χ1) is 9.16. The molecule has 0 saturated heterocycles. The number of nitrogens with one attached hydrogen (secondary N) is 1. The van der Waals surface area contributed by atoms with Crippen molar-refractivity contribution in [2.24, 2.45) is 0 Å². The number of carbonyl (C=O) groups is 1. The number of hydrogen-bond acceptors (Lipinski definition) is 3. The molecule has 4 nitrogen and oxygen atoms in total. The Morgan fingerprint density at radius 3 is 2.84 bits per heavy atom. The van der Waals surface area contributed by atoms with E-state index in [1.807, 2.05) is 30.3 Å². The van der Waals surface area contributed by atoms with Gasteiger partial charge in [0.15, 0.2) is 0 Å². The van der Waals surface area contributed by atoms with Crippen molar-refractivity contribution in [3.63, 3.8) is 0 Å². The minimum atomic E-state index is -0.645. The maximum atomic E-state index is 13.0. The van der Waals surface area contributed by atoms with Crippen LogP contribution < -0.4 is 5.48 Å². The molecule has 0 saturated carbocycles.